The third kappa shape index (κ3) is 2.52. The zero-order chi connectivity index (χ0) is 12.4. The molecule has 1 aromatic heterocycles. The fraction of sp³-hybridized carbons (Fsp3) is 0.636. The molecule has 0 spiro atoms. The molecule has 1 aromatic rings. The van der Waals surface area contributed by atoms with Gasteiger partial charge < -0.3 is 16.0 Å². The van der Waals surface area contributed by atoms with E-state index in [0.717, 1.165) is 18.1 Å². The van der Waals surface area contributed by atoms with Crippen molar-refractivity contribution < 1.29 is 4.79 Å². The number of nitrogens with one attached hydrogen (secondary N) is 1. The highest BCUT2D eigenvalue weighted by Gasteiger charge is 2.25. The maximum absolute atomic E-state index is 12.1. The van der Waals surface area contributed by atoms with Crippen LogP contribution in [0.15, 0.2) is 0 Å². The number of anilines is 2. The van der Waals surface area contributed by atoms with Gasteiger partial charge in [0.2, 0.25) is 0 Å². The number of nitrogen functional groups attached to an aromatic ring is 1. The molecule has 6 heteroatoms. The normalized spacial score (nSPS) is 15.6. The van der Waals surface area contributed by atoms with Crippen molar-refractivity contribution in [1.82, 2.24) is 9.69 Å². The first-order valence-corrected chi connectivity index (χ1v) is 6.68. The molecule has 0 aromatic carbocycles. The van der Waals surface area contributed by atoms with Crippen LogP contribution in [0, 0.1) is 0 Å². The SMILES string of the molecule is CC(C)NC(=O)c1c(N)nsc1N1CCCC1. The summed E-state index contributed by atoms with van der Waals surface area (Å²) < 4.78 is 4.11. The van der Waals surface area contributed by atoms with Crippen molar-refractivity contribution in [1.29, 1.82) is 0 Å². The van der Waals surface area contributed by atoms with Crippen LogP contribution in [0.4, 0.5) is 10.8 Å². The number of rotatable bonds is 3. The lowest BCUT2D eigenvalue weighted by atomic mass is 10.2. The average molecular weight is 254 g/mol. The van der Waals surface area contributed by atoms with Crippen molar-refractivity contribution in [3.63, 3.8) is 0 Å². The minimum Gasteiger partial charge on any atom is -0.382 e. The number of nitrogens with two attached hydrogens (primary N) is 1. The third-order valence-electron chi connectivity index (χ3n) is 2.74. The number of amides is 1. The molecule has 5 nitrogen and oxygen atoms in total. The predicted molar refractivity (Wildman–Crippen MR) is 70.6 cm³/mol. The highest BCUT2D eigenvalue weighted by molar-refractivity contribution is 7.11. The molecule has 2 rings (SSSR count). The zero-order valence-corrected chi connectivity index (χ0v) is 11.0. The molecule has 0 unspecified atom stereocenters. The second-order valence-electron chi connectivity index (χ2n) is 4.57. The molecule has 1 aliphatic heterocycles. The van der Waals surface area contributed by atoms with Crippen LogP contribution in [-0.4, -0.2) is 29.4 Å². The van der Waals surface area contributed by atoms with E-state index in [1.807, 2.05) is 13.8 Å². The molecule has 0 radical (unpaired) electrons. The van der Waals surface area contributed by atoms with Crippen molar-refractivity contribution in [3.05, 3.63) is 5.56 Å². The summed E-state index contributed by atoms with van der Waals surface area (Å²) in [6, 6.07) is 0.105. The lowest BCUT2D eigenvalue weighted by molar-refractivity contribution is 0.0945. The first-order chi connectivity index (χ1) is 8.09. The number of hydrogen-bond acceptors (Lipinski definition) is 5. The van der Waals surface area contributed by atoms with E-state index in [1.54, 1.807) is 0 Å². The van der Waals surface area contributed by atoms with E-state index in [1.165, 1.54) is 24.4 Å². The number of nitrogens with zero attached hydrogens (tertiary/aromatic N) is 2. The largest absolute Gasteiger partial charge is 0.382 e. The fourth-order valence-corrected chi connectivity index (χ4v) is 2.84. The van der Waals surface area contributed by atoms with Gasteiger partial charge in [0.05, 0.1) is 0 Å². The molecule has 0 saturated carbocycles. The lowest BCUT2D eigenvalue weighted by Crippen LogP contribution is -2.32. The fourth-order valence-electron chi connectivity index (χ4n) is 1.98. The Kier molecular flexibility index (Phi) is 3.51. The number of carbonyl (C=O) groups is 1. The second-order valence-corrected chi connectivity index (χ2v) is 5.32. The van der Waals surface area contributed by atoms with Crippen LogP contribution >= 0.6 is 11.5 Å². The summed E-state index contributed by atoms with van der Waals surface area (Å²) in [5.74, 6) is 0.225. The van der Waals surface area contributed by atoms with Gasteiger partial charge in [0.1, 0.15) is 10.6 Å². The quantitative estimate of drug-likeness (QED) is 0.856. The Hall–Kier alpha value is -1.30. The van der Waals surface area contributed by atoms with E-state index >= 15 is 0 Å². The summed E-state index contributed by atoms with van der Waals surface area (Å²) in [6.45, 7) is 5.85. The van der Waals surface area contributed by atoms with Gasteiger partial charge in [-0.1, -0.05) is 0 Å². The Morgan fingerprint density at radius 1 is 1.47 bits per heavy atom. The molecule has 1 fully saturated rings. The number of aromatic nitrogens is 1. The highest BCUT2D eigenvalue weighted by atomic mass is 32.1. The number of carbonyl (C=O) groups excluding carboxylic acids is 1. The van der Waals surface area contributed by atoms with Crippen LogP contribution in [0.1, 0.15) is 37.0 Å². The lowest BCUT2D eigenvalue weighted by Gasteiger charge is -2.17. The maximum atomic E-state index is 12.1. The topological polar surface area (TPSA) is 71.2 Å². The standard InChI is InChI=1S/C11H18N4OS/c1-7(2)13-10(16)8-9(12)14-17-11(8)15-5-3-4-6-15/h7H,3-6H2,1-2H3,(H2,12,14)(H,13,16). The molecular formula is C11H18N4OS. The summed E-state index contributed by atoms with van der Waals surface area (Å²) in [7, 11) is 0. The van der Waals surface area contributed by atoms with Crippen molar-refractivity contribution >= 4 is 28.3 Å². The highest BCUT2D eigenvalue weighted by Crippen LogP contribution is 2.32. The third-order valence-corrected chi connectivity index (χ3v) is 3.66. The van der Waals surface area contributed by atoms with Gasteiger partial charge in [-0.2, -0.15) is 4.37 Å². The maximum Gasteiger partial charge on any atom is 0.258 e. The van der Waals surface area contributed by atoms with E-state index in [0.29, 0.717) is 11.4 Å². The molecule has 0 bridgehead atoms. The van der Waals surface area contributed by atoms with Crippen molar-refractivity contribution in [2.24, 2.45) is 0 Å². The molecule has 2 heterocycles. The smallest absolute Gasteiger partial charge is 0.258 e. The van der Waals surface area contributed by atoms with Gasteiger partial charge in [0.15, 0.2) is 5.82 Å². The van der Waals surface area contributed by atoms with Crippen LogP contribution in [0.5, 0.6) is 0 Å². The van der Waals surface area contributed by atoms with E-state index in [9.17, 15) is 4.79 Å². The predicted octanol–water partition coefficient (Wildman–Crippen LogP) is 1.46. The van der Waals surface area contributed by atoms with Gasteiger partial charge in [0, 0.05) is 19.1 Å². The monoisotopic (exact) mass is 254 g/mol. The zero-order valence-electron chi connectivity index (χ0n) is 10.2. The van der Waals surface area contributed by atoms with Crippen LogP contribution in [0.25, 0.3) is 0 Å². The van der Waals surface area contributed by atoms with Crippen LogP contribution < -0.4 is 16.0 Å². The second kappa shape index (κ2) is 4.91. The minimum absolute atomic E-state index is 0.105. The molecule has 0 atom stereocenters. The van der Waals surface area contributed by atoms with Crippen molar-refractivity contribution in [3.8, 4) is 0 Å². The van der Waals surface area contributed by atoms with Crippen LogP contribution in [0.3, 0.4) is 0 Å². The molecule has 94 valence electrons. The summed E-state index contributed by atoms with van der Waals surface area (Å²) >= 11 is 1.32. The first kappa shape index (κ1) is 12.2. The Labute approximate surface area is 105 Å². The molecule has 1 aliphatic rings. The van der Waals surface area contributed by atoms with Gasteiger partial charge in [-0.15, -0.1) is 0 Å². The van der Waals surface area contributed by atoms with E-state index in [-0.39, 0.29) is 11.9 Å². The van der Waals surface area contributed by atoms with Crippen molar-refractivity contribution in [2.45, 2.75) is 32.7 Å². The Bertz CT molecular complexity index is 410. The van der Waals surface area contributed by atoms with Crippen LogP contribution in [-0.2, 0) is 0 Å². The molecule has 1 saturated heterocycles. The Morgan fingerprint density at radius 3 is 2.71 bits per heavy atom. The van der Waals surface area contributed by atoms with Gasteiger partial charge in [0.25, 0.3) is 5.91 Å². The molecule has 0 aliphatic carbocycles. The van der Waals surface area contributed by atoms with Gasteiger partial charge >= 0.3 is 0 Å². The molecule has 3 N–H and O–H groups in total. The number of hydrogen-bond donors (Lipinski definition) is 2. The molecular weight excluding hydrogens is 236 g/mol. The summed E-state index contributed by atoms with van der Waals surface area (Å²) in [6.07, 6.45) is 2.34. The van der Waals surface area contributed by atoms with E-state index in [4.69, 9.17) is 5.73 Å². The van der Waals surface area contributed by atoms with Gasteiger partial charge in [-0.05, 0) is 38.2 Å². The van der Waals surface area contributed by atoms with E-state index < -0.39 is 0 Å². The first-order valence-electron chi connectivity index (χ1n) is 5.90. The summed E-state index contributed by atoms with van der Waals surface area (Å²) in [5, 5.41) is 3.79. The summed E-state index contributed by atoms with van der Waals surface area (Å²) in [5.41, 5.74) is 6.34. The minimum atomic E-state index is -0.117. The summed E-state index contributed by atoms with van der Waals surface area (Å²) in [4.78, 5) is 14.3. The van der Waals surface area contributed by atoms with Crippen molar-refractivity contribution in [2.75, 3.05) is 23.7 Å². The Morgan fingerprint density at radius 2 is 2.12 bits per heavy atom. The van der Waals surface area contributed by atoms with Gasteiger partial charge in [-0.3, -0.25) is 4.79 Å². The van der Waals surface area contributed by atoms with E-state index in [2.05, 4.69) is 14.6 Å². The molecule has 17 heavy (non-hydrogen) atoms. The van der Waals surface area contributed by atoms with Crippen LogP contribution in [0.2, 0.25) is 0 Å². The molecule has 1 amide bonds. The average Bonchev–Trinajstić information content (AvgIpc) is 2.84. The Balaban J connectivity index is 2.25. The van der Waals surface area contributed by atoms with Gasteiger partial charge in [-0.25, -0.2) is 0 Å².